The van der Waals surface area contributed by atoms with Crippen LogP contribution in [0.2, 0.25) is 0 Å². The lowest BCUT2D eigenvalue weighted by Crippen LogP contribution is -2.40. The molecule has 3 aromatic rings. The van der Waals surface area contributed by atoms with Gasteiger partial charge in [-0.1, -0.05) is 48.5 Å². The Labute approximate surface area is 182 Å². The molecule has 1 unspecified atom stereocenters. The van der Waals surface area contributed by atoms with Crippen molar-refractivity contribution in [1.82, 2.24) is 4.57 Å². The van der Waals surface area contributed by atoms with Crippen LogP contribution in [0.4, 0.5) is 0 Å². The van der Waals surface area contributed by atoms with Crippen molar-refractivity contribution in [3.8, 4) is 12.1 Å². The van der Waals surface area contributed by atoms with Crippen LogP contribution in [0.5, 0.6) is 0 Å². The van der Waals surface area contributed by atoms with Crippen molar-refractivity contribution in [3.05, 3.63) is 71.9 Å². The number of methoxy groups -OCH3 is 1. The third-order valence-corrected chi connectivity index (χ3v) is 5.29. The minimum Gasteiger partial charge on any atom is -0.467 e. The number of ether oxygens (including phenoxy) is 1. The Bertz CT molecular complexity index is 1150. The third-order valence-electron chi connectivity index (χ3n) is 5.29. The van der Waals surface area contributed by atoms with Gasteiger partial charge >= 0.3 is 5.97 Å². The molecule has 0 radical (unpaired) electrons. The van der Waals surface area contributed by atoms with Crippen LogP contribution in [0, 0.1) is 22.7 Å². The van der Waals surface area contributed by atoms with Crippen LogP contribution in [0.3, 0.4) is 0 Å². The average molecular weight is 412 g/mol. The molecule has 0 spiro atoms. The lowest BCUT2D eigenvalue weighted by atomic mass is 9.86. The van der Waals surface area contributed by atoms with Crippen LogP contribution in [-0.2, 0) is 22.5 Å². The zero-order chi connectivity index (χ0) is 22.1. The Morgan fingerprint density at radius 1 is 1.10 bits per heavy atom. The maximum atomic E-state index is 13.0. The van der Waals surface area contributed by atoms with E-state index in [2.05, 4.69) is 12.1 Å². The van der Waals surface area contributed by atoms with Crippen molar-refractivity contribution in [2.45, 2.75) is 37.8 Å². The molecule has 0 aliphatic heterocycles. The molecular formula is C25H24N4O2. The number of aliphatic imine (C=N–C) groups is 1. The Balaban J connectivity index is 2.08. The van der Waals surface area contributed by atoms with E-state index in [0.717, 1.165) is 22.0 Å². The number of hydrogen-bond donors (Lipinski definition) is 0. The van der Waals surface area contributed by atoms with E-state index in [1.165, 1.54) is 7.11 Å². The van der Waals surface area contributed by atoms with Crippen molar-refractivity contribution < 1.29 is 9.53 Å². The van der Waals surface area contributed by atoms with Crippen LogP contribution in [0.25, 0.3) is 10.9 Å². The second kappa shape index (κ2) is 10.2. The number of rotatable bonds is 9. The molecule has 0 aliphatic rings. The van der Waals surface area contributed by atoms with E-state index in [1.54, 1.807) is 6.21 Å². The largest absolute Gasteiger partial charge is 0.467 e. The summed E-state index contributed by atoms with van der Waals surface area (Å²) in [6.45, 7) is 0.563. The van der Waals surface area contributed by atoms with E-state index >= 15 is 0 Å². The van der Waals surface area contributed by atoms with Crippen LogP contribution in [0.15, 0.2) is 65.8 Å². The molecule has 0 amide bonds. The van der Waals surface area contributed by atoms with Gasteiger partial charge in [0, 0.05) is 42.7 Å². The van der Waals surface area contributed by atoms with Gasteiger partial charge in [-0.05, 0) is 23.6 Å². The molecule has 156 valence electrons. The van der Waals surface area contributed by atoms with Gasteiger partial charge in [0.2, 0.25) is 0 Å². The molecule has 0 saturated carbocycles. The van der Waals surface area contributed by atoms with E-state index in [-0.39, 0.29) is 12.8 Å². The van der Waals surface area contributed by atoms with Crippen molar-refractivity contribution in [2.24, 2.45) is 4.99 Å². The van der Waals surface area contributed by atoms with E-state index in [1.807, 2.05) is 65.4 Å². The molecule has 2 aromatic carbocycles. The highest BCUT2D eigenvalue weighted by molar-refractivity contribution is 5.89. The quantitative estimate of drug-likeness (QED) is 0.384. The third kappa shape index (κ3) is 4.99. The molecule has 3 rings (SSSR count). The first-order valence-corrected chi connectivity index (χ1v) is 10.1. The fourth-order valence-electron chi connectivity index (χ4n) is 3.75. The minimum absolute atomic E-state index is 0.175. The van der Waals surface area contributed by atoms with Crippen LogP contribution in [-0.4, -0.2) is 29.4 Å². The van der Waals surface area contributed by atoms with Gasteiger partial charge in [0.1, 0.15) is 0 Å². The van der Waals surface area contributed by atoms with E-state index in [4.69, 9.17) is 15.0 Å². The summed E-state index contributed by atoms with van der Waals surface area (Å²) in [5.41, 5.74) is 1.58. The van der Waals surface area contributed by atoms with Gasteiger partial charge in [-0.25, -0.2) is 4.79 Å². The summed E-state index contributed by atoms with van der Waals surface area (Å²) in [5, 5.41) is 19.2. The normalized spacial score (nSPS) is 12.9. The molecule has 1 aromatic heterocycles. The number of fused-ring (bicyclic) bond motifs is 1. The van der Waals surface area contributed by atoms with E-state index in [9.17, 15) is 10.1 Å². The number of para-hydroxylation sites is 1. The zero-order valence-corrected chi connectivity index (χ0v) is 17.5. The second-order valence-corrected chi connectivity index (χ2v) is 7.30. The second-order valence-electron chi connectivity index (χ2n) is 7.30. The van der Waals surface area contributed by atoms with Crippen molar-refractivity contribution in [3.63, 3.8) is 0 Å². The van der Waals surface area contributed by atoms with Crippen molar-refractivity contribution >= 4 is 23.1 Å². The first-order chi connectivity index (χ1) is 15.1. The summed E-state index contributed by atoms with van der Waals surface area (Å²) in [7, 11) is 1.34. The average Bonchev–Trinajstić information content (AvgIpc) is 3.16. The highest BCUT2D eigenvalue weighted by Gasteiger charge is 2.39. The minimum atomic E-state index is -1.22. The molecule has 0 fully saturated rings. The first kappa shape index (κ1) is 21.8. The maximum Gasteiger partial charge on any atom is 0.334 e. The van der Waals surface area contributed by atoms with Gasteiger partial charge in [0.15, 0.2) is 5.54 Å². The molecule has 6 nitrogen and oxygen atoms in total. The zero-order valence-electron chi connectivity index (χ0n) is 17.5. The molecule has 31 heavy (non-hydrogen) atoms. The fourth-order valence-corrected chi connectivity index (χ4v) is 3.75. The highest BCUT2D eigenvalue weighted by atomic mass is 16.5. The smallest absolute Gasteiger partial charge is 0.334 e. The summed E-state index contributed by atoms with van der Waals surface area (Å²) in [5.74, 6) is -0.469. The number of carbonyl (C=O) groups is 1. The molecule has 0 saturated heterocycles. The van der Waals surface area contributed by atoms with Crippen LogP contribution < -0.4 is 0 Å². The summed E-state index contributed by atoms with van der Waals surface area (Å²) in [6, 6.07) is 21.7. The first-order valence-electron chi connectivity index (χ1n) is 10.1. The van der Waals surface area contributed by atoms with Crippen LogP contribution >= 0.6 is 0 Å². The molecule has 0 bridgehead atoms. The number of nitrogens with zero attached hydrogens (tertiary/aromatic N) is 4. The summed E-state index contributed by atoms with van der Waals surface area (Å²) in [4.78, 5) is 17.7. The van der Waals surface area contributed by atoms with Gasteiger partial charge in [-0.3, -0.25) is 4.99 Å². The Morgan fingerprint density at radius 3 is 2.52 bits per heavy atom. The summed E-state index contributed by atoms with van der Waals surface area (Å²) < 4.78 is 7.17. The Hall–Kier alpha value is -3.90. The summed E-state index contributed by atoms with van der Waals surface area (Å²) in [6.07, 6.45) is 4.75. The maximum absolute atomic E-state index is 13.0. The molecule has 6 heteroatoms. The number of carbonyl (C=O) groups excluding carboxylic acids is 1. The number of benzene rings is 2. The molecule has 1 heterocycles. The molecule has 0 N–H and O–H groups in total. The van der Waals surface area contributed by atoms with Crippen molar-refractivity contribution in [2.75, 3.05) is 7.11 Å². The lowest BCUT2D eigenvalue weighted by Gasteiger charge is -2.26. The number of esters is 1. The summed E-state index contributed by atoms with van der Waals surface area (Å²) >= 11 is 0. The van der Waals surface area contributed by atoms with Crippen molar-refractivity contribution in [1.29, 1.82) is 10.5 Å². The lowest BCUT2D eigenvalue weighted by molar-refractivity contribution is -0.147. The molecule has 1 atom stereocenters. The number of aromatic nitrogens is 1. The number of aryl methyl sites for hydroxylation is 1. The standard InChI is InChI=1S/C25H24N4O2/c1-31-24(30)25(13-7-14-26,28-18-20-9-3-2-4-10-20)17-21-19-29(16-8-15-27)23-12-6-5-11-22(21)23/h2-6,9-12,18-19H,7-8,13,16-17H2,1H3. The predicted molar refractivity (Wildman–Crippen MR) is 120 cm³/mol. The predicted octanol–water partition coefficient (Wildman–Crippen LogP) is 4.43. The number of hydrogen-bond acceptors (Lipinski definition) is 5. The van der Waals surface area contributed by atoms with Gasteiger partial charge in [0.05, 0.1) is 25.7 Å². The topological polar surface area (TPSA) is 91.2 Å². The van der Waals surface area contributed by atoms with Gasteiger partial charge < -0.3 is 9.30 Å². The van der Waals surface area contributed by atoms with E-state index < -0.39 is 11.5 Å². The SMILES string of the molecule is COC(=O)C(CCC#N)(Cc1cn(CCC#N)c2ccccc12)N=Cc1ccccc1. The Morgan fingerprint density at radius 2 is 1.81 bits per heavy atom. The van der Waals surface area contributed by atoms with Gasteiger partial charge in [0.25, 0.3) is 0 Å². The molecule has 0 aliphatic carbocycles. The monoisotopic (exact) mass is 412 g/mol. The van der Waals surface area contributed by atoms with Gasteiger partial charge in [-0.2, -0.15) is 10.5 Å². The van der Waals surface area contributed by atoms with Crippen LogP contribution in [0.1, 0.15) is 30.4 Å². The van der Waals surface area contributed by atoms with Gasteiger partial charge in [-0.15, -0.1) is 0 Å². The number of nitriles is 2. The fraction of sp³-hybridized carbons (Fsp3) is 0.280. The molecular weight excluding hydrogens is 388 g/mol. The Kier molecular flexibility index (Phi) is 7.19. The highest BCUT2D eigenvalue weighted by Crippen LogP contribution is 2.31. The van der Waals surface area contributed by atoms with E-state index in [0.29, 0.717) is 19.4 Å².